The maximum absolute atomic E-state index is 12.6. The topological polar surface area (TPSA) is 95.9 Å². The van der Waals surface area contributed by atoms with Crippen molar-refractivity contribution in [2.24, 2.45) is 0 Å². The molecule has 0 saturated heterocycles. The number of amides is 1. The summed E-state index contributed by atoms with van der Waals surface area (Å²) < 4.78 is 5.48. The SMILES string of the molecule is CCCCCCC/C=C\CCCCCCCC(=O)OCCCCCCCCCCC/C=C\C/C=C\CCCCCCCCCCCC(=O)NC(CO)C(O)CCCCCCCCCCCCCCCCCCCCCCCCC. The second-order valence-corrected chi connectivity index (χ2v) is 24.6. The molecule has 0 fully saturated rings. The molecule has 6 heteroatoms. The predicted molar refractivity (Wildman–Crippen MR) is 347 cm³/mol. The summed E-state index contributed by atoms with van der Waals surface area (Å²) in [6, 6.07) is -0.548. The number of nitrogens with one attached hydrogen (secondary N) is 1. The number of aliphatic hydroxyl groups is 2. The van der Waals surface area contributed by atoms with Gasteiger partial charge in [-0.15, -0.1) is 0 Å². The van der Waals surface area contributed by atoms with E-state index in [1.165, 1.54) is 308 Å². The van der Waals surface area contributed by atoms with E-state index in [1.807, 2.05) is 0 Å². The molecule has 79 heavy (non-hydrogen) atoms. The minimum absolute atomic E-state index is 0.00104. The van der Waals surface area contributed by atoms with Crippen LogP contribution in [0.1, 0.15) is 393 Å². The lowest BCUT2D eigenvalue weighted by Crippen LogP contribution is -2.45. The minimum Gasteiger partial charge on any atom is -0.466 e. The van der Waals surface area contributed by atoms with Gasteiger partial charge in [-0.1, -0.05) is 333 Å². The normalized spacial score (nSPS) is 12.7. The minimum atomic E-state index is -0.670. The molecule has 2 unspecified atom stereocenters. The van der Waals surface area contributed by atoms with Crippen LogP contribution in [-0.2, 0) is 14.3 Å². The van der Waals surface area contributed by atoms with Crippen LogP contribution in [0, 0.1) is 0 Å². The van der Waals surface area contributed by atoms with Gasteiger partial charge in [0.1, 0.15) is 0 Å². The Bertz CT molecular complexity index is 1280. The molecule has 466 valence electrons. The first-order valence-corrected chi connectivity index (χ1v) is 35.7. The highest BCUT2D eigenvalue weighted by Gasteiger charge is 2.20. The van der Waals surface area contributed by atoms with Crippen LogP contribution in [0.25, 0.3) is 0 Å². The molecule has 2 atom stereocenters. The van der Waals surface area contributed by atoms with Gasteiger partial charge < -0.3 is 20.3 Å². The van der Waals surface area contributed by atoms with Gasteiger partial charge in [0.25, 0.3) is 0 Å². The van der Waals surface area contributed by atoms with Crippen LogP contribution in [0.15, 0.2) is 36.5 Å². The summed E-state index contributed by atoms with van der Waals surface area (Å²) in [5.74, 6) is -0.0360. The third-order valence-electron chi connectivity index (χ3n) is 16.7. The van der Waals surface area contributed by atoms with E-state index < -0.39 is 12.1 Å². The maximum Gasteiger partial charge on any atom is 0.305 e. The number of ether oxygens (including phenoxy) is 1. The first-order valence-electron chi connectivity index (χ1n) is 35.7. The van der Waals surface area contributed by atoms with Crippen molar-refractivity contribution in [2.45, 2.75) is 405 Å². The first kappa shape index (κ1) is 77.1. The number of hydrogen-bond acceptors (Lipinski definition) is 5. The molecular weight excluding hydrogens is 971 g/mol. The number of aliphatic hydroxyl groups excluding tert-OH is 2. The molecule has 3 N–H and O–H groups in total. The van der Waals surface area contributed by atoms with E-state index in [9.17, 15) is 19.8 Å². The highest BCUT2D eigenvalue weighted by molar-refractivity contribution is 5.76. The molecule has 0 aliphatic carbocycles. The molecule has 0 radical (unpaired) electrons. The summed E-state index contributed by atoms with van der Waals surface area (Å²) in [5, 5.41) is 23.4. The van der Waals surface area contributed by atoms with Crippen LogP contribution in [-0.4, -0.2) is 47.4 Å². The van der Waals surface area contributed by atoms with Gasteiger partial charge in [-0.2, -0.15) is 0 Å². The Balaban J connectivity index is 3.43. The van der Waals surface area contributed by atoms with Gasteiger partial charge in [-0.25, -0.2) is 0 Å². The van der Waals surface area contributed by atoms with Gasteiger partial charge in [-0.05, 0) is 83.5 Å². The Morgan fingerprint density at radius 3 is 0.975 bits per heavy atom. The summed E-state index contributed by atoms with van der Waals surface area (Å²) in [5.41, 5.74) is 0. The summed E-state index contributed by atoms with van der Waals surface area (Å²) in [4.78, 5) is 24.6. The molecule has 0 aliphatic heterocycles. The molecule has 6 nitrogen and oxygen atoms in total. The zero-order valence-corrected chi connectivity index (χ0v) is 53.4. The molecule has 1 amide bonds. The van der Waals surface area contributed by atoms with Crippen molar-refractivity contribution in [2.75, 3.05) is 13.2 Å². The highest BCUT2D eigenvalue weighted by atomic mass is 16.5. The second kappa shape index (κ2) is 68.6. The van der Waals surface area contributed by atoms with Crippen LogP contribution in [0.3, 0.4) is 0 Å². The van der Waals surface area contributed by atoms with Crippen LogP contribution in [0.5, 0.6) is 0 Å². The Morgan fingerprint density at radius 1 is 0.354 bits per heavy atom. The lowest BCUT2D eigenvalue weighted by atomic mass is 10.0. The van der Waals surface area contributed by atoms with Crippen molar-refractivity contribution < 1.29 is 24.5 Å². The van der Waals surface area contributed by atoms with Gasteiger partial charge in [0.15, 0.2) is 0 Å². The largest absolute Gasteiger partial charge is 0.466 e. The van der Waals surface area contributed by atoms with E-state index in [4.69, 9.17) is 4.74 Å². The molecule has 0 bridgehead atoms. The predicted octanol–water partition coefficient (Wildman–Crippen LogP) is 23.1. The molecule has 0 aliphatic rings. The highest BCUT2D eigenvalue weighted by Crippen LogP contribution is 2.19. The lowest BCUT2D eigenvalue weighted by Gasteiger charge is -2.22. The number of carbonyl (C=O) groups excluding carboxylic acids is 2. The smallest absolute Gasteiger partial charge is 0.305 e. The quantitative estimate of drug-likeness (QED) is 0.0320. The van der Waals surface area contributed by atoms with E-state index in [1.54, 1.807) is 0 Å². The van der Waals surface area contributed by atoms with Crippen LogP contribution < -0.4 is 5.32 Å². The number of esters is 1. The Hall–Kier alpha value is -1.92. The zero-order chi connectivity index (χ0) is 57.1. The Kier molecular flexibility index (Phi) is 66.9. The summed E-state index contributed by atoms with van der Waals surface area (Å²) in [6.07, 6.45) is 87.6. The summed E-state index contributed by atoms with van der Waals surface area (Å²) >= 11 is 0. The molecule has 0 aromatic heterocycles. The Morgan fingerprint density at radius 2 is 0.633 bits per heavy atom. The van der Waals surface area contributed by atoms with Gasteiger partial charge in [0, 0.05) is 12.8 Å². The van der Waals surface area contributed by atoms with E-state index in [0.717, 1.165) is 51.4 Å². The van der Waals surface area contributed by atoms with Crippen LogP contribution in [0.2, 0.25) is 0 Å². The van der Waals surface area contributed by atoms with Crippen LogP contribution in [0.4, 0.5) is 0 Å². The summed E-state index contributed by atoms with van der Waals surface area (Å²) in [6.45, 7) is 4.97. The van der Waals surface area contributed by atoms with Crippen molar-refractivity contribution in [3.8, 4) is 0 Å². The molecule has 0 heterocycles. The Labute approximate surface area is 494 Å². The van der Waals surface area contributed by atoms with Gasteiger partial charge in [-0.3, -0.25) is 9.59 Å². The van der Waals surface area contributed by atoms with E-state index in [2.05, 4.69) is 55.6 Å². The van der Waals surface area contributed by atoms with Crippen molar-refractivity contribution in [3.05, 3.63) is 36.5 Å². The zero-order valence-electron chi connectivity index (χ0n) is 53.4. The van der Waals surface area contributed by atoms with Crippen molar-refractivity contribution in [1.82, 2.24) is 5.32 Å². The van der Waals surface area contributed by atoms with Gasteiger partial charge >= 0.3 is 5.97 Å². The number of rotatable bonds is 67. The fourth-order valence-corrected chi connectivity index (χ4v) is 11.2. The third kappa shape index (κ3) is 65.1. The summed E-state index contributed by atoms with van der Waals surface area (Å²) in [7, 11) is 0. The lowest BCUT2D eigenvalue weighted by molar-refractivity contribution is -0.143. The average Bonchev–Trinajstić information content (AvgIpc) is 3.45. The van der Waals surface area contributed by atoms with Gasteiger partial charge in [0.05, 0.1) is 25.4 Å². The van der Waals surface area contributed by atoms with Crippen molar-refractivity contribution in [3.63, 3.8) is 0 Å². The van der Waals surface area contributed by atoms with E-state index in [0.29, 0.717) is 25.9 Å². The first-order chi connectivity index (χ1) is 39.0. The molecule has 0 aromatic carbocycles. The molecule has 0 saturated carbocycles. The number of unbranched alkanes of at least 4 members (excludes halogenated alkanes) is 50. The van der Waals surface area contributed by atoms with Crippen LogP contribution >= 0.6 is 0 Å². The fourth-order valence-electron chi connectivity index (χ4n) is 11.2. The number of hydrogen-bond donors (Lipinski definition) is 3. The number of allylic oxidation sites excluding steroid dienone is 6. The third-order valence-corrected chi connectivity index (χ3v) is 16.7. The molecule has 0 spiro atoms. The standard InChI is InChI=1S/C73H139NO5/c1-3-5-7-9-11-13-15-17-19-20-21-22-26-29-32-35-38-41-45-49-53-57-61-65-71(76)70(69-75)74-72(77)66-62-58-54-50-46-42-39-36-33-30-27-24-23-25-28-31-34-37-40-44-48-52-56-60-64-68-79-73(78)67-63-59-55-51-47-43-18-16-14-12-10-8-6-4-2/h16,18,24-25,27-28,70-71,75-76H,3-15,17,19-23,26,29-69H2,1-2H3,(H,74,77)/b18-16-,27-24-,28-25-. The van der Waals surface area contributed by atoms with Crippen molar-refractivity contribution in [1.29, 1.82) is 0 Å². The monoisotopic (exact) mass is 1110 g/mol. The number of carbonyl (C=O) groups is 2. The van der Waals surface area contributed by atoms with E-state index in [-0.39, 0.29) is 18.5 Å². The molecule has 0 aromatic rings. The second-order valence-electron chi connectivity index (χ2n) is 24.6. The maximum atomic E-state index is 12.6. The molecule has 0 rings (SSSR count). The average molecular weight is 1110 g/mol. The molecular formula is C73H139NO5. The fraction of sp³-hybridized carbons (Fsp3) is 0.890. The van der Waals surface area contributed by atoms with E-state index >= 15 is 0 Å². The van der Waals surface area contributed by atoms with Crippen molar-refractivity contribution >= 4 is 11.9 Å². The van der Waals surface area contributed by atoms with Gasteiger partial charge in [0.2, 0.25) is 5.91 Å².